The van der Waals surface area contributed by atoms with E-state index in [1.807, 2.05) is 0 Å². The Labute approximate surface area is 136 Å². The highest BCUT2D eigenvalue weighted by atomic mass is 32.1. The number of benzene rings is 1. The van der Waals surface area contributed by atoms with Gasteiger partial charge in [0.1, 0.15) is 0 Å². The fourth-order valence-electron chi connectivity index (χ4n) is 1.62. The number of amides is 1. The van der Waals surface area contributed by atoms with Gasteiger partial charge in [0.05, 0.1) is 12.9 Å². The molecule has 1 heterocycles. The lowest BCUT2D eigenvalue weighted by Crippen LogP contribution is -2.06. The molecule has 8 nitrogen and oxygen atoms in total. The summed E-state index contributed by atoms with van der Waals surface area (Å²) in [4.78, 5) is 26.7. The number of aliphatic imine (C=N–C) groups is 1. The molecule has 1 amide bonds. The first kappa shape index (κ1) is 16.6. The lowest BCUT2D eigenvalue weighted by molar-refractivity contribution is -0.114. The summed E-state index contributed by atoms with van der Waals surface area (Å²) < 4.78 is 8.57. The molecule has 0 aliphatic carbocycles. The summed E-state index contributed by atoms with van der Waals surface area (Å²) in [5, 5.41) is 9.71. The number of esters is 1. The minimum absolute atomic E-state index is 0.0934. The number of hydrogen-bond donors (Lipinski definition) is 2. The Kier molecular flexibility index (Phi) is 5.75. The van der Waals surface area contributed by atoms with Gasteiger partial charge in [0.25, 0.3) is 0 Å². The van der Waals surface area contributed by atoms with Gasteiger partial charge >= 0.3 is 5.97 Å². The zero-order valence-corrected chi connectivity index (χ0v) is 13.4. The van der Waals surface area contributed by atoms with Crippen LogP contribution < -0.4 is 10.6 Å². The molecule has 2 aromatic rings. The molecular formula is C14H15N5O3S. The highest BCUT2D eigenvalue weighted by molar-refractivity contribution is 7.10. The van der Waals surface area contributed by atoms with Gasteiger partial charge in [-0.25, -0.2) is 9.79 Å². The molecule has 2 N–H and O–H groups in total. The van der Waals surface area contributed by atoms with Gasteiger partial charge in [0.15, 0.2) is 5.00 Å². The minimum atomic E-state index is -0.548. The predicted molar refractivity (Wildman–Crippen MR) is 88.4 cm³/mol. The largest absolute Gasteiger partial charge is 0.461 e. The molecule has 0 fully saturated rings. The van der Waals surface area contributed by atoms with E-state index in [1.54, 1.807) is 31.2 Å². The van der Waals surface area contributed by atoms with Crippen LogP contribution in [-0.4, -0.2) is 34.4 Å². The van der Waals surface area contributed by atoms with Crippen LogP contribution >= 0.6 is 11.5 Å². The second kappa shape index (κ2) is 7.99. The minimum Gasteiger partial charge on any atom is -0.461 e. The number of ether oxygens (including phenoxy) is 1. The molecule has 23 heavy (non-hydrogen) atoms. The lowest BCUT2D eigenvalue weighted by Gasteiger charge is -2.03. The molecule has 0 bridgehead atoms. The Morgan fingerprint density at radius 1 is 1.30 bits per heavy atom. The number of hydrogen-bond acceptors (Lipinski definition) is 7. The third kappa shape index (κ3) is 4.85. The molecule has 120 valence electrons. The first-order valence-corrected chi connectivity index (χ1v) is 7.53. The van der Waals surface area contributed by atoms with Crippen molar-refractivity contribution in [1.29, 1.82) is 0 Å². The van der Waals surface area contributed by atoms with E-state index in [0.717, 1.165) is 17.2 Å². The highest BCUT2D eigenvalue weighted by Crippen LogP contribution is 2.22. The summed E-state index contributed by atoms with van der Waals surface area (Å²) in [5.41, 5.74) is 1.57. The van der Waals surface area contributed by atoms with E-state index in [-0.39, 0.29) is 18.2 Å². The van der Waals surface area contributed by atoms with E-state index in [9.17, 15) is 9.59 Å². The first-order chi connectivity index (χ1) is 11.1. The quantitative estimate of drug-likeness (QED) is 0.478. The standard InChI is InChI=1S/C14H15N5O3S/c1-3-22-14(21)12-13(23-19-18-12)16-8-15-10-4-6-11(7-5-10)17-9(2)20/h4-8H,3H2,1-2H3,(H,15,16)(H,17,20). The van der Waals surface area contributed by atoms with Crippen LogP contribution in [0.1, 0.15) is 24.3 Å². The maximum Gasteiger partial charge on any atom is 0.362 e. The summed E-state index contributed by atoms with van der Waals surface area (Å²) in [6.07, 6.45) is 1.44. The Balaban J connectivity index is 1.98. The van der Waals surface area contributed by atoms with Gasteiger partial charge in [-0.15, -0.1) is 5.10 Å². The van der Waals surface area contributed by atoms with E-state index >= 15 is 0 Å². The molecule has 0 unspecified atom stereocenters. The van der Waals surface area contributed by atoms with Gasteiger partial charge in [-0.2, -0.15) is 0 Å². The van der Waals surface area contributed by atoms with Crippen LogP contribution in [0, 0.1) is 0 Å². The van der Waals surface area contributed by atoms with Gasteiger partial charge in [0, 0.05) is 29.8 Å². The average molecular weight is 333 g/mol. The summed E-state index contributed by atoms with van der Waals surface area (Å²) in [5.74, 6) is -0.676. The number of carbonyl (C=O) groups excluding carboxylic acids is 2. The highest BCUT2D eigenvalue weighted by Gasteiger charge is 2.16. The van der Waals surface area contributed by atoms with Crippen molar-refractivity contribution in [2.75, 3.05) is 17.2 Å². The van der Waals surface area contributed by atoms with Crippen LogP contribution in [-0.2, 0) is 9.53 Å². The molecule has 9 heteroatoms. The monoisotopic (exact) mass is 333 g/mol. The SMILES string of the molecule is CCOC(=O)c1nnsc1N=CNc1ccc(NC(C)=O)cc1. The molecule has 2 rings (SSSR count). The molecule has 1 aromatic heterocycles. The maximum atomic E-state index is 11.6. The van der Waals surface area contributed by atoms with Crippen LogP contribution in [0.25, 0.3) is 0 Å². The van der Waals surface area contributed by atoms with E-state index in [0.29, 0.717) is 10.7 Å². The number of anilines is 2. The summed E-state index contributed by atoms with van der Waals surface area (Å²) in [6.45, 7) is 3.42. The third-order valence-electron chi connectivity index (χ3n) is 2.56. The van der Waals surface area contributed by atoms with Crippen molar-refractivity contribution in [1.82, 2.24) is 9.59 Å². The van der Waals surface area contributed by atoms with Crippen molar-refractivity contribution in [3.05, 3.63) is 30.0 Å². The summed E-state index contributed by atoms with van der Waals surface area (Å²) >= 11 is 1.00. The zero-order valence-electron chi connectivity index (χ0n) is 12.6. The van der Waals surface area contributed by atoms with Gasteiger partial charge in [-0.05, 0) is 31.2 Å². The van der Waals surface area contributed by atoms with Crippen molar-refractivity contribution < 1.29 is 14.3 Å². The maximum absolute atomic E-state index is 11.6. The van der Waals surface area contributed by atoms with Crippen molar-refractivity contribution >= 4 is 46.1 Å². The van der Waals surface area contributed by atoms with Crippen LogP contribution in [0.5, 0.6) is 0 Å². The van der Waals surface area contributed by atoms with Gasteiger partial charge in [-0.3, -0.25) is 4.79 Å². The molecule has 1 aromatic carbocycles. The Bertz CT molecular complexity index is 711. The van der Waals surface area contributed by atoms with E-state index in [4.69, 9.17) is 4.74 Å². The molecule has 0 aliphatic rings. The molecule has 0 radical (unpaired) electrons. The fourth-order valence-corrected chi connectivity index (χ4v) is 2.13. The summed E-state index contributed by atoms with van der Waals surface area (Å²) in [7, 11) is 0. The van der Waals surface area contributed by atoms with E-state index in [2.05, 4.69) is 25.2 Å². The topological polar surface area (TPSA) is 106 Å². The summed E-state index contributed by atoms with van der Waals surface area (Å²) in [6, 6.07) is 7.09. The number of rotatable bonds is 6. The lowest BCUT2D eigenvalue weighted by atomic mass is 10.3. The number of aromatic nitrogens is 2. The average Bonchev–Trinajstić information content (AvgIpc) is 2.97. The van der Waals surface area contributed by atoms with Crippen molar-refractivity contribution in [3.63, 3.8) is 0 Å². The second-order valence-corrected chi connectivity index (χ2v) is 5.04. The number of carbonyl (C=O) groups is 2. The van der Waals surface area contributed by atoms with Crippen molar-refractivity contribution in [2.24, 2.45) is 4.99 Å². The molecule has 0 spiro atoms. The normalized spacial score (nSPS) is 10.5. The molecule has 0 aliphatic heterocycles. The van der Waals surface area contributed by atoms with Crippen LogP contribution in [0.2, 0.25) is 0 Å². The van der Waals surface area contributed by atoms with E-state index in [1.165, 1.54) is 13.3 Å². The van der Waals surface area contributed by atoms with Crippen LogP contribution in [0.15, 0.2) is 29.3 Å². The predicted octanol–water partition coefficient (Wildman–Crippen LogP) is 2.45. The fraction of sp³-hybridized carbons (Fsp3) is 0.214. The first-order valence-electron chi connectivity index (χ1n) is 6.76. The Morgan fingerprint density at radius 2 is 2.00 bits per heavy atom. The van der Waals surface area contributed by atoms with Gasteiger partial charge in [-0.1, -0.05) is 4.49 Å². The van der Waals surface area contributed by atoms with Gasteiger partial charge in [0.2, 0.25) is 11.6 Å². The van der Waals surface area contributed by atoms with Crippen molar-refractivity contribution in [3.8, 4) is 0 Å². The zero-order chi connectivity index (χ0) is 16.7. The second-order valence-electron chi connectivity index (χ2n) is 4.31. The molecule has 0 atom stereocenters. The molecule has 0 saturated heterocycles. The number of nitrogens with zero attached hydrogens (tertiary/aromatic N) is 3. The van der Waals surface area contributed by atoms with Crippen LogP contribution in [0.4, 0.5) is 16.4 Å². The van der Waals surface area contributed by atoms with Crippen molar-refractivity contribution in [2.45, 2.75) is 13.8 Å². The van der Waals surface area contributed by atoms with Crippen LogP contribution in [0.3, 0.4) is 0 Å². The third-order valence-corrected chi connectivity index (χ3v) is 3.19. The smallest absolute Gasteiger partial charge is 0.362 e. The number of nitrogens with one attached hydrogen (secondary N) is 2. The Hall–Kier alpha value is -2.81. The van der Waals surface area contributed by atoms with E-state index < -0.39 is 5.97 Å². The Morgan fingerprint density at radius 3 is 2.65 bits per heavy atom. The molecular weight excluding hydrogens is 318 g/mol. The van der Waals surface area contributed by atoms with Gasteiger partial charge < -0.3 is 15.4 Å². The molecule has 0 saturated carbocycles.